The highest BCUT2D eigenvalue weighted by molar-refractivity contribution is 14.1. The van der Waals surface area contributed by atoms with Crippen LogP contribution in [0.25, 0.3) is 11.1 Å². The van der Waals surface area contributed by atoms with Gasteiger partial charge < -0.3 is 39.6 Å². The number of halogens is 1. The molecule has 0 saturated carbocycles. The molecule has 2 aromatic rings. The fourth-order valence-corrected chi connectivity index (χ4v) is 6.42. The molecule has 1 aliphatic carbocycles. The predicted octanol–water partition coefficient (Wildman–Crippen LogP) is 2.24. The first-order valence-corrected chi connectivity index (χ1v) is 15.6. The van der Waals surface area contributed by atoms with Gasteiger partial charge in [-0.1, -0.05) is 28.7 Å². The van der Waals surface area contributed by atoms with Gasteiger partial charge in [-0.15, -0.1) is 11.8 Å². The van der Waals surface area contributed by atoms with Crippen LogP contribution in [0.5, 0.6) is 17.2 Å². The van der Waals surface area contributed by atoms with Crippen molar-refractivity contribution < 1.29 is 39.1 Å². The molecular formula is C28H34INO9S. The Morgan fingerprint density at radius 2 is 1.85 bits per heavy atom. The second-order valence-corrected chi connectivity index (χ2v) is 11.4. The maximum absolute atomic E-state index is 13.1. The zero-order valence-corrected chi connectivity index (χ0v) is 25.7. The maximum Gasteiger partial charge on any atom is 0.229 e. The van der Waals surface area contributed by atoms with Gasteiger partial charge in [-0.25, -0.2) is 0 Å². The minimum absolute atomic E-state index is 0.107. The van der Waals surface area contributed by atoms with Crippen molar-refractivity contribution in [3.05, 3.63) is 45.6 Å². The predicted molar refractivity (Wildman–Crippen MR) is 159 cm³/mol. The van der Waals surface area contributed by atoms with Gasteiger partial charge in [-0.2, -0.15) is 0 Å². The van der Waals surface area contributed by atoms with Gasteiger partial charge in [0.1, 0.15) is 18.3 Å². The van der Waals surface area contributed by atoms with Crippen LogP contribution in [-0.2, 0) is 16.0 Å². The van der Waals surface area contributed by atoms with Gasteiger partial charge in [-0.05, 0) is 54.0 Å². The number of aliphatic hydroxyl groups is 3. The van der Waals surface area contributed by atoms with E-state index in [2.05, 4.69) is 5.32 Å². The average Bonchev–Trinajstić information content (AvgIpc) is 3.19. The number of methoxy groups -OCH3 is 2. The third kappa shape index (κ3) is 6.07. The molecule has 40 heavy (non-hydrogen) atoms. The summed E-state index contributed by atoms with van der Waals surface area (Å²) in [6.07, 6.45) is -3.21. The Kier molecular flexibility index (Phi) is 10.2. The van der Waals surface area contributed by atoms with Gasteiger partial charge in [0.2, 0.25) is 17.9 Å². The Bertz CT molecular complexity index is 1310. The van der Waals surface area contributed by atoms with E-state index in [0.29, 0.717) is 34.5 Å². The van der Waals surface area contributed by atoms with Crippen LogP contribution in [0.3, 0.4) is 0 Å². The van der Waals surface area contributed by atoms with E-state index in [-0.39, 0.29) is 28.8 Å². The molecular weight excluding hydrogens is 653 g/mol. The lowest BCUT2D eigenvalue weighted by molar-refractivity contribution is -0.266. The molecule has 1 fully saturated rings. The number of alkyl halides is 1. The molecule has 0 radical (unpaired) electrons. The topological polar surface area (TPSA) is 144 Å². The summed E-state index contributed by atoms with van der Waals surface area (Å²) in [7, 11) is 2.97. The highest BCUT2D eigenvalue weighted by Crippen LogP contribution is 2.51. The van der Waals surface area contributed by atoms with E-state index >= 15 is 0 Å². The number of benzene rings is 1. The van der Waals surface area contributed by atoms with Gasteiger partial charge in [0.15, 0.2) is 16.9 Å². The van der Waals surface area contributed by atoms with E-state index in [1.165, 1.54) is 32.9 Å². The fourth-order valence-electron chi connectivity index (χ4n) is 5.23. The van der Waals surface area contributed by atoms with Crippen molar-refractivity contribution in [2.75, 3.05) is 31.4 Å². The number of nitrogens with one attached hydrogen (secondary N) is 1. The summed E-state index contributed by atoms with van der Waals surface area (Å²) >= 11 is 3.39. The van der Waals surface area contributed by atoms with Crippen molar-refractivity contribution in [3.8, 4) is 28.4 Å². The number of rotatable bonds is 8. The van der Waals surface area contributed by atoms with Crippen LogP contribution in [-0.4, -0.2) is 83.4 Å². The highest BCUT2D eigenvalue weighted by atomic mass is 127. The quantitative estimate of drug-likeness (QED) is 0.186. The molecule has 2 aliphatic rings. The molecule has 1 aliphatic heterocycles. The van der Waals surface area contributed by atoms with Crippen LogP contribution in [0.15, 0.2) is 34.0 Å². The number of amides is 1. The molecule has 10 nitrogen and oxygen atoms in total. The van der Waals surface area contributed by atoms with Gasteiger partial charge in [0.05, 0.1) is 25.2 Å². The molecule has 0 bridgehead atoms. The third-order valence-corrected chi connectivity index (χ3v) is 8.93. The largest absolute Gasteiger partial charge is 0.492 e. The van der Waals surface area contributed by atoms with Crippen molar-refractivity contribution in [2.45, 2.75) is 61.3 Å². The first kappa shape index (κ1) is 30.8. The summed E-state index contributed by atoms with van der Waals surface area (Å²) in [6.45, 7) is 1.82. The molecule has 1 saturated heterocycles. The van der Waals surface area contributed by atoms with Crippen molar-refractivity contribution in [2.24, 2.45) is 0 Å². The monoisotopic (exact) mass is 687 g/mol. The standard InChI is InChI=1S/C28H34INO9S/c1-13(31)30-12-15-6-5-14-9-19(38-28-25(35)24(34)23(33)20(11-29)39-28)26(36-2)27(37-3)22(14)16-7-8-21(40-4)18(32)10-17(15)16/h7-10,15,20,23-25,28,33-35H,5-6,11-12H2,1-4H3,(H,30,31)/t15-,20-,23-,24+,25-,28-/m1/s1. The summed E-state index contributed by atoms with van der Waals surface area (Å²) in [5, 5.41) is 34.2. The number of carbonyl (C=O) groups excluding carboxylic acids is 1. The summed E-state index contributed by atoms with van der Waals surface area (Å²) in [4.78, 5) is 25.4. The lowest BCUT2D eigenvalue weighted by Gasteiger charge is -2.39. The number of thioether (sulfide) groups is 1. The Morgan fingerprint density at radius 3 is 2.48 bits per heavy atom. The molecule has 1 heterocycles. The van der Waals surface area contributed by atoms with Gasteiger partial charge in [0, 0.05) is 29.4 Å². The van der Waals surface area contributed by atoms with E-state index in [0.717, 1.165) is 22.3 Å². The summed E-state index contributed by atoms with van der Waals surface area (Å²) in [5.41, 5.74) is 3.05. The van der Waals surface area contributed by atoms with Crippen molar-refractivity contribution in [3.63, 3.8) is 0 Å². The molecule has 1 amide bonds. The van der Waals surface area contributed by atoms with Crippen LogP contribution in [0.1, 0.15) is 30.4 Å². The smallest absolute Gasteiger partial charge is 0.229 e. The lowest BCUT2D eigenvalue weighted by atomic mass is 9.92. The Labute approximate surface area is 250 Å². The Hall–Kier alpha value is -2.10. The second kappa shape index (κ2) is 13.3. The van der Waals surface area contributed by atoms with Gasteiger partial charge in [-0.3, -0.25) is 9.59 Å². The molecule has 0 aromatic heterocycles. The minimum Gasteiger partial charge on any atom is -0.492 e. The molecule has 6 atom stereocenters. The Balaban J connectivity index is 1.87. The highest BCUT2D eigenvalue weighted by Gasteiger charge is 2.45. The number of hydrogen-bond acceptors (Lipinski definition) is 10. The van der Waals surface area contributed by atoms with Gasteiger partial charge in [0.25, 0.3) is 0 Å². The maximum atomic E-state index is 13.1. The van der Waals surface area contributed by atoms with Gasteiger partial charge >= 0.3 is 0 Å². The fraction of sp³-hybridized carbons (Fsp3) is 0.500. The van der Waals surface area contributed by atoms with Crippen molar-refractivity contribution >= 4 is 40.3 Å². The second-order valence-electron chi connectivity index (χ2n) is 9.71. The zero-order valence-electron chi connectivity index (χ0n) is 22.7. The normalized spacial score (nSPS) is 25.7. The van der Waals surface area contributed by atoms with Crippen LogP contribution >= 0.6 is 34.4 Å². The molecule has 218 valence electrons. The summed E-state index contributed by atoms with van der Waals surface area (Å²) in [5.74, 6) is 0.542. The minimum atomic E-state index is -1.51. The van der Waals surface area contributed by atoms with E-state index in [1.54, 1.807) is 18.2 Å². The van der Waals surface area contributed by atoms with Crippen LogP contribution < -0.4 is 25.0 Å². The van der Waals surface area contributed by atoms with Crippen LogP contribution in [0, 0.1) is 0 Å². The average molecular weight is 688 g/mol. The van der Waals surface area contributed by atoms with E-state index in [1.807, 2.05) is 34.9 Å². The molecule has 0 spiro atoms. The SMILES string of the molecule is COc1c(O[C@@H]2O[C@H](CI)[C@@H](O)[C@H](O)[C@H]2O)cc2c(c1OC)-c1ccc(SC)c(=O)cc1[C@@H](CNC(C)=O)CC2. The van der Waals surface area contributed by atoms with Crippen LogP contribution in [0.4, 0.5) is 0 Å². The summed E-state index contributed by atoms with van der Waals surface area (Å²) < 4.78 is 23.9. The number of aryl methyl sites for hydroxylation is 1. The van der Waals surface area contributed by atoms with E-state index in [4.69, 9.17) is 18.9 Å². The molecule has 0 unspecified atom stereocenters. The zero-order chi connectivity index (χ0) is 29.1. The molecule has 4 N–H and O–H groups in total. The lowest BCUT2D eigenvalue weighted by Crippen LogP contribution is -2.59. The van der Waals surface area contributed by atoms with Crippen LogP contribution in [0.2, 0.25) is 0 Å². The van der Waals surface area contributed by atoms with E-state index in [9.17, 15) is 24.9 Å². The molecule has 12 heteroatoms. The Morgan fingerprint density at radius 1 is 1.12 bits per heavy atom. The number of ether oxygens (including phenoxy) is 4. The number of aliphatic hydroxyl groups excluding tert-OH is 3. The number of carbonyl (C=O) groups is 1. The molecule has 2 aromatic carbocycles. The van der Waals surface area contributed by atoms with Crippen molar-refractivity contribution in [1.29, 1.82) is 0 Å². The molecule has 4 rings (SSSR count). The number of hydrogen-bond donors (Lipinski definition) is 4. The van der Waals surface area contributed by atoms with E-state index < -0.39 is 30.7 Å². The summed E-state index contributed by atoms with van der Waals surface area (Å²) in [6, 6.07) is 7.11. The third-order valence-electron chi connectivity index (χ3n) is 7.29. The number of fused-ring (bicyclic) bond motifs is 3. The first-order valence-electron chi connectivity index (χ1n) is 12.8. The van der Waals surface area contributed by atoms with Crippen molar-refractivity contribution in [1.82, 2.24) is 5.32 Å². The first-order chi connectivity index (χ1) is 19.1.